The van der Waals surface area contributed by atoms with E-state index >= 15 is 0 Å². The van der Waals surface area contributed by atoms with Crippen molar-refractivity contribution < 1.29 is 57.8 Å². The number of carbonyl (C=O) groups excluding carboxylic acids is 11. The SMILES string of the molecule is CC[C@H](C)[C@H](NC(=O)[C@H](Cc1ccc(O)cc1)NC(=O)[C@@H](N)CCBr)C(=O)N[C@@H](CCC(N)=O)C(=O)N[C@@H](CC(N)=O)C(=O)N[C@@H](CS)C(=O)N1CCC[C@H]1C(=O)N[C@@H](CC(C)C)C(=O)NCC(N)=O. The smallest absolute Gasteiger partial charge is 0.246 e. The molecule has 16 N–H and O–H groups in total. The average molecular weight is 1070 g/mol. The topological polar surface area (TPSA) is 400 Å². The lowest BCUT2D eigenvalue weighted by molar-refractivity contribution is -0.142. The fourth-order valence-electron chi connectivity index (χ4n) is 7.29. The molecule has 1 aliphatic heterocycles. The maximum Gasteiger partial charge on any atom is 0.246 e. The number of carbonyl (C=O) groups is 11. The van der Waals surface area contributed by atoms with Crippen LogP contribution in [0.5, 0.6) is 5.75 Å². The monoisotopic (exact) mass is 1070 g/mol. The fourth-order valence-corrected chi connectivity index (χ4v) is 8.03. The number of hydrogen-bond acceptors (Lipinski definition) is 14. The molecule has 1 aliphatic rings. The molecule has 0 unspecified atom stereocenters. The largest absolute Gasteiger partial charge is 0.508 e. The van der Waals surface area contributed by atoms with Gasteiger partial charge in [0.05, 0.1) is 19.0 Å². The lowest BCUT2D eigenvalue weighted by Gasteiger charge is -2.30. The highest BCUT2D eigenvalue weighted by Gasteiger charge is 2.40. The number of nitrogens with two attached hydrogens (primary N) is 4. The number of nitrogens with one attached hydrogen (secondary N) is 7. The van der Waals surface area contributed by atoms with Crippen LogP contribution in [0, 0.1) is 11.8 Å². The lowest BCUT2D eigenvalue weighted by Crippen LogP contribution is -2.61. The van der Waals surface area contributed by atoms with Gasteiger partial charge in [0.1, 0.15) is 48.0 Å². The highest BCUT2D eigenvalue weighted by Crippen LogP contribution is 2.20. The van der Waals surface area contributed by atoms with Crippen molar-refractivity contribution in [2.45, 2.75) is 134 Å². The number of thiol groups is 1. The molecular weight excluding hydrogens is 1000 g/mol. The van der Waals surface area contributed by atoms with Crippen molar-refractivity contribution in [3.05, 3.63) is 29.8 Å². The Hall–Kier alpha value is -6.02. The van der Waals surface area contributed by atoms with Crippen molar-refractivity contribution in [1.29, 1.82) is 0 Å². The van der Waals surface area contributed by atoms with Gasteiger partial charge in [-0.25, -0.2) is 0 Å². The van der Waals surface area contributed by atoms with Crippen LogP contribution >= 0.6 is 28.6 Å². The first-order chi connectivity index (χ1) is 32.9. The third-order valence-electron chi connectivity index (χ3n) is 11.3. The van der Waals surface area contributed by atoms with Gasteiger partial charge in [-0.15, -0.1) is 0 Å². The predicted molar refractivity (Wildman–Crippen MR) is 262 cm³/mol. The van der Waals surface area contributed by atoms with Crippen LogP contribution in [-0.4, -0.2) is 147 Å². The van der Waals surface area contributed by atoms with Crippen LogP contribution in [0.4, 0.5) is 0 Å². The van der Waals surface area contributed by atoms with Gasteiger partial charge < -0.3 is 70.2 Å². The van der Waals surface area contributed by atoms with Crippen molar-refractivity contribution in [1.82, 2.24) is 42.1 Å². The molecule has 70 heavy (non-hydrogen) atoms. The van der Waals surface area contributed by atoms with Crippen molar-refractivity contribution in [3.63, 3.8) is 0 Å². The first-order valence-electron chi connectivity index (χ1n) is 22.9. The van der Waals surface area contributed by atoms with Gasteiger partial charge in [0.25, 0.3) is 0 Å². The molecule has 0 aromatic heterocycles. The number of hydrogen-bond donors (Lipinski definition) is 13. The van der Waals surface area contributed by atoms with E-state index in [1.54, 1.807) is 26.0 Å². The maximum atomic E-state index is 14.1. The number of likely N-dealkylation sites (tertiary alicyclic amines) is 1. The molecule has 1 saturated heterocycles. The zero-order chi connectivity index (χ0) is 52.8. The number of primary amides is 3. The van der Waals surface area contributed by atoms with Crippen molar-refractivity contribution in [2.24, 2.45) is 34.8 Å². The Bertz CT molecular complexity index is 2030. The molecule has 0 saturated carbocycles. The molecule has 0 spiro atoms. The van der Waals surface area contributed by atoms with Gasteiger partial charge >= 0.3 is 0 Å². The normalized spacial score (nSPS) is 16.7. The van der Waals surface area contributed by atoms with Crippen LogP contribution in [0.3, 0.4) is 0 Å². The van der Waals surface area contributed by atoms with E-state index < -0.39 is 145 Å². The summed E-state index contributed by atoms with van der Waals surface area (Å²) >= 11 is 7.47. The second-order valence-electron chi connectivity index (χ2n) is 17.5. The van der Waals surface area contributed by atoms with Crippen LogP contribution in [0.15, 0.2) is 24.3 Å². The summed E-state index contributed by atoms with van der Waals surface area (Å²) in [7, 11) is 0. The highest BCUT2D eigenvalue weighted by molar-refractivity contribution is 9.09. The summed E-state index contributed by atoms with van der Waals surface area (Å²) in [6, 6.07) is -4.65. The minimum absolute atomic E-state index is 0.0357. The van der Waals surface area contributed by atoms with E-state index in [0.717, 1.165) is 0 Å². The summed E-state index contributed by atoms with van der Waals surface area (Å²) < 4.78 is 0. The van der Waals surface area contributed by atoms with Crippen molar-refractivity contribution in [2.75, 3.05) is 24.2 Å². The number of alkyl halides is 1. The minimum Gasteiger partial charge on any atom is -0.508 e. The van der Waals surface area contributed by atoms with Crippen LogP contribution in [-0.2, 0) is 59.2 Å². The van der Waals surface area contributed by atoms with Crippen LogP contribution < -0.4 is 60.2 Å². The molecule has 11 amide bonds. The molecule has 1 aromatic rings. The number of nitrogens with zero attached hydrogens (tertiary/aromatic N) is 1. The molecule has 1 aromatic carbocycles. The standard InChI is InChI=1S/C44H69BrN12O12S/c1-5-23(4)36(56-41(66)29(52-37(62)26(46)14-15-45)18-24-8-10-25(58)11-9-24)43(68)51-27(12-13-33(47)59)39(64)53-30(19-34(48)60)40(65)55-31(21-70)44(69)57-16-6-7-32(57)42(67)54-28(17-22(2)3)38(63)50-20-35(49)61/h8-11,22-23,26-32,36,58,70H,5-7,12-21,46H2,1-4H3,(H2,47,59)(H2,48,60)(H2,49,61)(H,50,63)(H,51,68)(H,52,62)(H,53,64)(H,54,67)(H,55,65)(H,56,66)/t23-,26-,27-,28-,29-,30-,31-,32-,36-/m0/s1. The first-order valence-corrected chi connectivity index (χ1v) is 24.6. The van der Waals surface area contributed by atoms with E-state index in [4.69, 9.17) is 22.9 Å². The third-order valence-corrected chi connectivity index (χ3v) is 12.1. The summed E-state index contributed by atoms with van der Waals surface area (Å²) in [5, 5.41) is 27.8. The van der Waals surface area contributed by atoms with E-state index in [9.17, 15) is 57.8 Å². The molecule has 1 fully saturated rings. The van der Waals surface area contributed by atoms with Gasteiger partial charge in [0, 0.05) is 30.5 Å². The number of phenols is 1. The first kappa shape index (κ1) is 60.1. The zero-order valence-electron chi connectivity index (χ0n) is 39.8. The number of rotatable bonds is 30. The predicted octanol–water partition coefficient (Wildman–Crippen LogP) is -3.29. The molecule has 9 atom stereocenters. The summed E-state index contributed by atoms with van der Waals surface area (Å²) in [5.74, 6) is -10.3. The quantitative estimate of drug-likeness (QED) is 0.0266. The maximum absolute atomic E-state index is 14.1. The molecule has 0 bridgehead atoms. The van der Waals surface area contributed by atoms with Crippen LogP contribution in [0.2, 0.25) is 0 Å². The summed E-state index contributed by atoms with van der Waals surface area (Å²) in [4.78, 5) is 146. The van der Waals surface area contributed by atoms with Gasteiger partial charge in [-0.1, -0.05) is 62.2 Å². The average Bonchev–Trinajstić information content (AvgIpc) is 3.80. The highest BCUT2D eigenvalue weighted by atomic mass is 79.9. The third kappa shape index (κ3) is 20.1. The Labute approximate surface area is 420 Å². The van der Waals surface area contributed by atoms with Gasteiger partial charge in [0.2, 0.25) is 65.0 Å². The Morgan fingerprint density at radius 3 is 1.87 bits per heavy atom. The Morgan fingerprint density at radius 2 is 1.31 bits per heavy atom. The molecule has 26 heteroatoms. The lowest BCUT2D eigenvalue weighted by atomic mass is 9.96. The van der Waals surface area contributed by atoms with E-state index in [1.807, 2.05) is 13.8 Å². The molecule has 1 heterocycles. The minimum atomic E-state index is -1.76. The number of benzene rings is 1. The van der Waals surface area contributed by atoms with Gasteiger partial charge in [-0.2, -0.15) is 12.6 Å². The van der Waals surface area contributed by atoms with Gasteiger partial charge in [-0.05, 0) is 61.6 Å². The molecule has 24 nitrogen and oxygen atoms in total. The number of aromatic hydroxyl groups is 1. The van der Waals surface area contributed by atoms with E-state index in [-0.39, 0.29) is 49.6 Å². The van der Waals surface area contributed by atoms with Gasteiger partial charge in [-0.3, -0.25) is 52.7 Å². The number of amides is 11. The fraction of sp³-hybridized carbons (Fsp3) is 0.614. The molecule has 0 radical (unpaired) electrons. The second-order valence-corrected chi connectivity index (χ2v) is 18.7. The van der Waals surface area contributed by atoms with E-state index in [0.29, 0.717) is 23.7 Å². The summed E-state index contributed by atoms with van der Waals surface area (Å²) in [5.41, 5.74) is 22.6. The second kappa shape index (κ2) is 29.9. The number of halogens is 1. The molecule has 390 valence electrons. The zero-order valence-corrected chi connectivity index (χ0v) is 42.3. The Kier molecular flexibility index (Phi) is 25.7. The molecular formula is C44H69BrN12O12S. The van der Waals surface area contributed by atoms with Crippen LogP contribution in [0.1, 0.15) is 84.6 Å². The van der Waals surface area contributed by atoms with E-state index in [2.05, 4.69) is 65.8 Å². The number of phenolic OH excluding ortho intramolecular Hbond substituents is 1. The molecule has 2 rings (SSSR count). The summed E-state index contributed by atoms with van der Waals surface area (Å²) in [6.45, 7) is 6.64. The van der Waals surface area contributed by atoms with E-state index in [1.165, 1.54) is 17.0 Å². The molecule has 0 aliphatic carbocycles. The Morgan fingerprint density at radius 1 is 0.729 bits per heavy atom. The van der Waals surface area contributed by atoms with Crippen LogP contribution in [0.25, 0.3) is 0 Å². The Balaban J connectivity index is 2.35. The van der Waals surface area contributed by atoms with Crippen molar-refractivity contribution >= 4 is 93.5 Å². The summed E-state index contributed by atoms with van der Waals surface area (Å²) in [6.07, 6.45) is -0.395. The van der Waals surface area contributed by atoms with Gasteiger partial charge in [0.15, 0.2) is 0 Å². The van der Waals surface area contributed by atoms with Crippen molar-refractivity contribution in [3.8, 4) is 5.75 Å².